The van der Waals surface area contributed by atoms with E-state index < -0.39 is 29.6 Å². The van der Waals surface area contributed by atoms with Gasteiger partial charge >= 0.3 is 11.9 Å². The zero-order valence-electron chi connectivity index (χ0n) is 19.7. The lowest BCUT2D eigenvalue weighted by Crippen LogP contribution is -2.52. The number of aliphatic carboxylic acids is 1. The van der Waals surface area contributed by atoms with Gasteiger partial charge in [-0.1, -0.05) is 96.4 Å². The van der Waals surface area contributed by atoms with E-state index in [1.54, 1.807) is 36.4 Å². The Balaban J connectivity index is 1.51. The highest BCUT2D eigenvalue weighted by Crippen LogP contribution is 2.60. The Hall–Kier alpha value is -2.82. The molecule has 3 aromatic rings. The number of carboxylic acid groups (broad SMARTS) is 1. The van der Waals surface area contributed by atoms with Gasteiger partial charge in [0.05, 0.1) is 11.8 Å². The van der Waals surface area contributed by atoms with Crippen LogP contribution in [0, 0.1) is 11.8 Å². The van der Waals surface area contributed by atoms with E-state index in [2.05, 4.69) is 12.1 Å². The SMILES string of the molecule is O=C(O)[C@H]1[C@H](c2ccccc2Cl)[C@H](C(=O)O[C@@H]2CCCC[C@H]2c2ccccc2)[C@H]1c1ccccc1Cl. The first-order valence-corrected chi connectivity index (χ1v) is 13.2. The van der Waals surface area contributed by atoms with Crippen LogP contribution < -0.4 is 0 Å². The van der Waals surface area contributed by atoms with E-state index in [4.69, 9.17) is 27.9 Å². The summed E-state index contributed by atoms with van der Waals surface area (Å²) in [5, 5.41) is 11.1. The van der Waals surface area contributed by atoms with Gasteiger partial charge in [-0.2, -0.15) is 0 Å². The number of hydrogen-bond donors (Lipinski definition) is 1. The van der Waals surface area contributed by atoms with Crippen molar-refractivity contribution in [2.45, 2.75) is 49.5 Å². The minimum atomic E-state index is -0.978. The van der Waals surface area contributed by atoms with Crippen molar-refractivity contribution in [2.75, 3.05) is 0 Å². The number of carbonyl (C=O) groups excluding carboxylic acids is 1. The number of ether oxygens (including phenoxy) is 1. The van der Waals surface area contributed by atoms with Crippen LogP contribution in [0.3, 0.4) is 0 Å². The van der Waals surface area contributed by atoms with E-state index in [0.29, 0.717) is 21.2 Å². The lowest BCUT2D eigenvalue weighted by molar-refractivity contribution is -0.170. The van der Waals surface area contributed by atoms with Gasteiger partial charge in [-0.25, -0.2) is 0 Å². The Labute approximate surface area is 221 Å². The van der Waals surface area contributed by atoms with E-state index in [-0.39, 0.29) is 18.0 Å². The molecule has 186 valence electrons. The number of carboxylic acids is 1. The van der Waals surface area contributed by atoms with Crippen molar-refractivity contribution in [3.63, 3.8) is 0 Å². The number of halogens is 2. The molecule has 0 amide bonds. The van der Waals surface area contributed by atoms with Crippen LogP contribution in [-0.4, -0.2) is 23.1 Å². The third-order valence-corrected chi connectivity index (χ3v) is 8.52. The summed E-state index contributed by atoms with van der Waals surface area (Å²) in [4.78, 5) is 26.5. The van der Waals surface area contributed by atoms with Gasteiger partial charge in [0, 0.05) is 27.8 Å². The lowest BCUT2D eigenvalue weighted by Gasteiger charge is -2.50. The predicted octanol–water partition coefficient (Wildman–Crippen LogP) is 7.46. The maximum atomic E-state index is 13.9. The molecule has 0 aliphatic heterocycles. The Morgan fingerprint density at radius 2 is 1.25 bits per heavy atom. The van der Waals surface area contributed by atoms with Crippen LogP contribution in [0.25, 0.3) is 0 Å². The summed E-state index contributed by atoms with van der Waals surface area (Å²) in [6.07, 6.45) is 3.56. The molecule has 0 spiro atoms. The smallest absolute Gasteiger partial charge is 0.310 e. The van der Waals surface area contributed by atoms with Gasteiger partial charge in [-0.15, -0.1) is 0 Å². The number of rotatable bonds is 6. The zero-order valence-corrected chi connectivity index (χ0v) is 21.2. The summed E-state index contributed by atoms with van der Waals surface area (Å²) in [5.41, 5.74) is 2.47. The fraction of sp³-hybridized carbons (Fsp3) is 0.333. The van der Waals surface area contributed by atoms with Crippen LogP contribution >= 0.6 is 23.2 Å². The molecule has 0 heterocycles. The molecule has 0 bridgehead atoms. The van der Waals surface area contributed by atoms with E-state index >= 15 is 0 Å². The molecule has 0 aromatic heterocycles. The molecule has 0 unspecified atom stereocenters. The molecule has 2 aliphatic carbocycles. The molecule has 2 fully saturated rings. The first-order valence-electron chi connectivity index (χ1n) is 12.4. The summed E-state index contributed by atoms with van der Waals surface area (Å²) in [6, 6.07) is 24.5. The second-order valence-electron chi connectivity index (χ2n) is 9.76. The summed E-state index contributed by atoms with van der Waals surface area (Å²) >= 11 is 13.0. The van der Waals surface area contributed by atoms with Crippen molar-refractivity contribution in [3.05, 3.63) is 106 Å². The van der Waals surface area contributed by atoms with E-state index in [9.17, 15) is 14.7 Å². The second-order valence-corrected chi connectivity index (χ2v) is 10.6. The van der Waals surface area contributed by atoms with Gasteiger partial charge in [0.25, 0.3) is 0 Å². The molecule has 5 rings (SSSR count). The zero-order chi connectivity index (χ0) is 25.2. The topological polar surface area (TPSA) is 63.6 Å². The number of esters is 1. The number of carbonyl (C=O) groups is 2. The highest BCUT2D eigenvalue weighted by Gasteiger charge is 2.60. The van der Waals surface area contributed by atoms with Crippen molar-refractivity contribution in [1.82, 2.24) is 0 Å². The van der Waals surface area contributed by atoms with Crippen LogP contribution in [0.15, 0.2) is 78.9 Å². The molecule has 0 radical (unpaired) electrons. The van der Waals surface area contributed by atoms with Crippen molar-refractivity contribution in [2.24, 2.45) is 11.8 Å². The average Bonchev–Trinajstić information content (AvgIpc) is 2.86. The highest BCUT2D eigenvalue weighted by atomic mass is 35.5. The monoisotopic (exact) mass is 522 g/mol. The average molecular weight is 523 g/mol. The first kappa shape index (κ1) is 24.9. The third-order valence-electron chi connectivity index (χ3n) is 7.83. The van der Waals surface area contributed by atoms with Crippen LogP contribution in [0.4, 0.5) is 0 Å². The summed E-state index contributed by atoms with van der Waals surface area (Å²) in [5.74, 6) is -4.00. The summed E-state index contributed by atoms with van der Waals surface area (Å²) in [7, 11) is 0. The Morgan fingerprint density at radius 3 is 1.81 bits per heavy atom. The Morgan fingerprint density at radius 1 is 0.722 bits per heavy atom. The van der Waals surface area contributed by atoms with Crippen LogP contribution in [-0.2, 0) is 14.3 Å². The molecule has 2 saturated carbocycles. The van der Waals surface area contributed by atoms with Gasteiger partial charge in [0.1, 0.15) is 6.10 Å². The van der Waals surface area contributed by atoms with Gasteiger partial charge in [-0.05, 0) is 48.1 Å². The van der Waals surface area contributed by atoms with Gasteiger partial charge in [0.2, 0.25) is 0 Å². The third kappa shape index (κ3) is 4.65. The maximum Gasteiger partial charge on any atom is 0.310 e. The van der Waals surface area contributed by atoms with E-state index in [1.807, 2.05) is 30.3 Å². The van der Waals surface area contributed by atoms with Gasteiger partial charge in [-0.3, -0.25) is 9.59 Å². The molecule has 3 aromatic carbocycles. The summed E-state index contributed by atoms with van der Waals surface area (Å²) in [6.45, 7) is 0. The molecule has 1 N–H and O–H groups in total. The minimum Gasteiger partial charge on any atom is -0.481 e. The van der Waals surface area contributed by atoms with Crippen LogP contribution in [0.1, 0.15) is 60.1 Å². The van der Waals surface area contributed by atoms with Crippen molar-refractivity contribution >= 4 is 35.1 Å². The molecule has 0 saturated heterocycles. The van der Waals surface area contributed by atoms with Crippen LogP contribution in [0.2, 0.25) is 10.0 Å². The normalized spacial score (nSPS) is 27.6. The van der Waals surface area contributed by atoms with Gasteiger partial charge in [0.15, 0.2) is 0 Å². The minimum absolute atomic E-state index is 0.122. The van der Waals surface area contributed by atoms with Crippen molar-refractivity contribution < 1.29 is 19.4 Å². The molecule has 2 aliphatic rings. The fourth-order valence-electron chi connectivity index (χ4n) is 6.16. The molecular weight excluding hydrogens is 495 g/mol. The number of benzene rings is 3. The molecule has 4 atom stereocenters. The summed E-state index contributed by atoms with van der Waals surface area (Å²) < 4.78 is 6.26. The fourth-order valence-corrected chi connectivity index (χ4v) is 6.68. The second kappa shape index (κ2) is 10.7. The van der Waals surface area contributed by atoms with Crippen molar-refractivity contribution in [3.8, 4) is 0 Å². The lowest BCUT2D eigenvalue weighted by atomic mass is 9.52. The molecule has 6 heteroatoms. The quantitative estimate of drug-likeness (QED) is 0.341. The molecule has 36 heavy (non-hydrogen) atoms. The predicted molar refractivity (Wildman–Crippen MR) is 141 cm³/mol. The van der Waals surface area contributed by atoms with Crippen LogP contribution in [0.5, 0.6) is 0 Å². The standard InChI is InChI=1S/C30H28Cl2O4/c31-22-15-7-4-13-20(22)25-27(29(33)34)26(21-14-5-8-16-23(21)32)28(25)30(35)36-24-17-9-6-12-19(24)18-10-2-1-3-11-18/h1-5,7-8,10-11,13-16,19,24-28H,6,9,12,17H2,(H,33,34)/t19-,24+,25-,26-,27-,28-/m0/s1. The molecular formula is C30H28Cl2O4. The van der Waals surface area contributed by atoms with E-state index in [0.717, 1.165) is 31.2 Å². The largest absolute Gasteiger partial charge is 0.481 e. The van der Waals surface area contributed by atoms with E-state index in [1.165, 1.54) is 0 Å². The highest BCUT2D eigenvalue weighted by molar-refractivity contribution is 6.32. The number of hydrogen-bond acceptors (Lipinski definition) is 3. The first-order chi connectivity index (χ1) is 17.5. The van der Waals surface area contributed by atoms with Crippen molar-refractivity contribution in [1.29, 1.82) is 0 Å². The van der Waals surface area contributed by atoms with Gasteiger partial charge < -0.3 is 9.84 Å². The Kier molecular flexibility index (Phi) is 7.36. The maximum absolute atomic E-state index is 13.9. The molecule has 4 nitrogen and oxygen atoms in total. The Bertz CT molecular complexity index is 1190.